The van der Waals surface area contributed by atoms with Crippen LogP contribution in [0.3, 0.4) is 0 Å². The van der Waals surface area contributed by atoms with Crippen LogP contribution in [-0.2, 0) is 13.6 Å². The minimum absolute atomic E-state index is 0.0502. The van der Waals surface area contributed by atoms with Gasteiger partial charge in [0.2, 0.25) is 0 Å². The van der Waals surface area contributed by atoms with E-state index in [1.807, 2.05) is 41.5 Å². The van der Waals surface area contributed by atoms with E-state index in [-0.39, 0.29) is 10.8 Å². The Labute approximate surface area is 209 Å². The highest BCUT2D eigenvalue weighted by Gasteiger charge is 2.61. The van der Waals surface area contributed by atoms with E-state index >= 15 is 0 Å². The van der Waals surface area contributed by atoms with Crippen molar-refractivity contribution in [2.75, 3.05) is 0 Å². The van der Waals surface area contributed by atoms with E-state index in [9.17, 15) is 4.57 Å². The van der Waals surface area contributed by atoms with Crippen LogP contribution >= 0.6 is 7.60 Å². The Morgan fingerprint density at radius 3 is 1.21 bits per heavy atom. The van der Waals surface area contributed by atoms with Gasteiger partial charge < -0.3 is 9.05 Å². The van der Waals surface area contributed by atoms with Crippen molar-refractivity contribution in [1.82, 2.24) is 0 Å². The van der Waals surface area contributed by atoms with Crippen molar-refractivity contribution in [3.63, 3.8) is 0 Å². The Bertz CT molecular complexity index is 575. The number of hydrogen-bond donors (Lipinski definition) is 0. The van der Waals surface area contributed by atoms with Crippen molar-refractivity contribution < 1.29 is 13.6 Å². The zero-order chi connectivity index (χ0) is 26.2. The van der Waals surface area contributed by atoms with Gasteiger partial charge in [0.05, 0.1) is 16.4 Å². The normalized spacial score (nSPS) is 16.2. The second-order valence-electron chi connectivity index (χ2n) is 13.6. The molecule has 0 rings (SSSR count). The first-order valence-corrected chi connectivity index (χ1v) is 15.3. The van der Waals surface area contributed by atoms with Crippen molar-refractivity contribution in [3.05, 3.63) is 0 Å². The summed E-state index contributed by atoms with van der Waals surface area (Å²) in [5, 5.41) is -0.649. The molecule has 0 saturated heterocycles. The van der Waals surface area contributed by atoms with Crippen LogP contribution in [0, 0.1) is 10.8 Å². The standard InChI is InChI=1S/C29H61O3P/c1-14-16-18-20-22-24-29(13,23-21-19-17-15-2)27(9,10)28(11,12)33(30,31-25(3,4)5)32-26(6,7)8/h14-24H2,1-13H3. The molecule has 0 fully saturated rings. The summed E-state index contributed by atoms with van der Waals surface area (Å²) in [7, 11) is -3.48. The first kappa shape index (κ1) is 33.1. The highest BCUT2D eigenvalue weighted by atomic mass is 31.2. The van der Waals surface area contributed by atoms with Crippen LogP contribution in [0.4, 0.5) is 0 Å². The topological polar surface area (TPSA) is 35.5 Å². The van der Waals surface area contributed by atoms with E-state index in [0.29, 0.717) is 0 Å². The average molecular weight is 489 g/mol. The molecule has 0 aliphatic heterocycles. The van der Waals surface area contributed by atoms with Crippen LogP contribution in [0.1, 0.15) is 161 Å². The molecule has 0 heterocycles. The van der Waals surface area contributed by atoms with Gasteiger partial charge in [-0.2, -0.15) is 0 Å². The van der Waals surface area contributed by atoms with Gasteiger partial charge in [-0.05, 0) is 79.1 Å². The monoisotopic (exact) mass is 488 g/mol. The van der Waals surface area contributed by atoms with Crippen molar-refractivity contribution in [3.8, 4) is 0 Å². The minimum Gasteiger partial charge on any atom is -0.302 e. The van der Waals surface area contributed by atoms with E-state index in [0.717, 1.165) is 12.8 Å². The molecule has 3 nitrogen and oxygen atoms in total. The highest BCUT2D eigenvalue weighted by molar-refractivity contribution is 7.55. The molecule has 4 heteroatoms. The molecule has 0 amide bonds. The zero-order valence-electron chi connectivity index (χ0n) is 25.0. The van der Waals surface area contributed by atoms with E-state index in [1.165, 1.54) is 57.8 Å². The Morgan fingerprint density at radius 2 is 0.879 bits per heavy atom. The maximum atomic E-state index is 14.7. The second-order valence-corrected chi connectivity index (χ2v) is 16.1. The molecule has 1 unspecified atom stereocenters. The average Bonchev–Trinajstić information content (AvgIpc) is 2.61. The summed E-state index contributed by atoms with van der Waals surface area (Å²) in [5.74, 6) is 0. The molecule has 0 aliphatic rings. The molecule has 0 spiro atoms. The second kappa shape index (κ2) is 12.9. The number of hydrogen-bond acceptors (Lipinski definition) is 3. The van der Waals surface area contributed by atoms with E-state index in [2.05, 4.69) is 48.5 Å². The first-order chi connectivity index (χ1) is 14.8. The third kappa shape index (κ3) is 9.97. The van der Waals surface area contributed by atoms with Crippen LogP contribution in [0.5, 0.6) is 0 Å². The Morgan fingerprint density at radius 1 is 0.545 bits per heavy atom. The van der Waals surface area contributed by atoms with Crippen LogP contribution in [0.15, 0.2) is 0 Å². The van der Waals surface area contributed by atoms with Gasteiger partial charge in [0.15, 0.2) is 0 Å². The Balaban J connectivity index is 6.20. The van der Waals surface area contributed by atoms with Gasteiger partial charge in [0.25, 0.3) is 0 Å². The lowest BCUT2D eigenvalue weighted by Gasteiger charge is -2.56. The third-order valence-electron chi connectivity index (χ3n) is 7.93. The fourth-order valence-corrected chi connectivity index (χ4v) is 7.75. The van der Waals surface area contributed by atoms with Crippen molar-refractivity contribution in [2.24, 2.45) is 10.8 Å². The summed E-state index contributed by atoms with van der Waals surface area (Å²) in [6, 6.07) is 0. The van der Waals surface area contributed by atoms with Gasteiger partial charge >= 0.3 is 7.60 Å². The van der Waals surface area contributed by atoms with Crippen LogP contribution < -0.4 is 0 Å². The lowest BCUT2D eigenvalue weighted by molar-refractivity contribution is -0.0127. The lowest BCUT2D eigenvalue weighted by atomic mass is 9.57. The zero-order valence-corrected chi connectivity index (χ0v) is 25.8. The van der Waals surface area contributed by atoms with Crippen molar-refractivity contribution >= 4 is 7.60 Å². The van der Waals surface area contributed by atoms with Gasteiger partial charge in [-0.25, -0.2) is 0 Å². The molecule has 1 atom stereocenters. The molecule has 0 aromatic carbocycles. The SMILES string of the molecule is CCCCCCCC(C)(CCCCCC)C(C)(C)C(C)(C)P(=O)(OC(C)(C)C)OC(C)(C)C. The maximum absolute atomic E-state index is 14.7. The molecule has 200 valence electrons. The predicted octanol–water partition coefficient (Wildman–Crippen LogP) is 11.0. The van der Waals surface area contributed by atoms with Gasteiger partial charge in [-0.1, -0.05) is 92.4 Å². The quantitative estimate of drug-likeness (QED) is 0.160. The summed E-state index contributed by atoms with van der Waals surface area (Å²) in [6.45, 7) is 27.8. The predicted molar refractivity (Wildman–Crippen MR) is 147 cm³/mol. The van der Waals surface area contributed by atoms with Crippen molar-refractivity contribution in [2.45, 2.75) is 177 Å². The molecule has 0 bridgehead atoms. The highest BCUT2D eigenvalue weighted by Crippen LogP contribution is 2.72. The summed E-state index contributed by atoms with van der Waals surface area (Å²) < 4.78 is 27.5. The fraction of sp³-hybridized carbons (Fsp3) is 1.00. The van der Waals surface area contributed by atoms with Gasteiger partial charge in [-0.3, -0.25) is 4.57 Å². The fourth-order valence-electron chi connectivity index (χ4n) is 4.86. The summed E-state index contributed by atoms with van der Waals surface area (Å²) in [4.78, 5) is 0. The number of unbranched alkanes of at least 4 members (excludes halogenated alkanes) is 7. The molecule has 0 N–H and O–H groups in total. The molecule has 0 radical (unpaired) electrons. The van der Waals surface area contributed by atoms with E-state index in [4.69, 9.17) is 9.05 Å². The van der Waals surface area contributed by atoms with Crippen LogP contribution in [0.2, 0.25) is 0 Å². The van der Waals surface area contributed by atoms with Crippen LogP contribution in [-0.4, -0.2) is 16.4 Å². The molecular formula is C29H61O3P. The Kier molecular flexibility index (Phi) is 13.0. The van der Waals surface area contributed by atoms with Crippen LogP contribution in [0.25, 0.3) is 0 Å². The number of rotatable bonds is 16. The molecule has 0 saturated carbocycles. The molecule has 0 aromatic rings. The molecule has 0 aliphatic carbocycles. The van der Waals surface area contributed by atoms with Gasteiger partial charge in [0.1, 0.15) is 0 Å². The smallest absolute Gasteiger partial charge is 0.302 e. The Hall–Kier alpha value is 0.150. The molecular weight excluding hydrogens is 427 g/mol. The summed E-state index contributed by atoms with van der Waals surface area (Å²) in [6.07, 6.45) is 13.7. The van der Waals surface area contributed by atoms with Gasteiger partial charge in [-0.15, -0.1) is 0 Å². The summed E-state index contributed by atoms with van der Waals surface area (Å²) >= 11 is 0. The summed E-state index contributed by atoms with van der Waals surface area (Å²) in [5.41, 5.74) is -1.30. The van der Waals surface area contributed by atoms with Gasteiger partial charge in [0, 0.05) is 0 Å². The van der Waals surface area contributed by atoms with E-state index < -0.39 is 24.0 Å². The third-order valence-corrected chi connectivity index (χ3v) is 11.4. The largest absolute Gasteiger partial charge is 0.337 e. The first-order valence-electron chi connectivity index (χ1n) is 13.8. The molecule has 0 aromatic heterocycles. The van der Waals surface area contributed by atoms with E-state index in [1.54, 1.807) is 0 Å². The van der Waals surface area contributed by atoms with Crippen molar-refractivity contribution in [1.29, 1.82) is 0 Å². The maximum Gasteiger partial charge on any atom is 0.337 e. The molecule has 33 heavy (non-hydrogen) atoms. The minimum atomic E-state index is -3.48. The lowest BCUT2D eigenvalue weighted by Crippen LogP contribution is -2.52.